The van der Waals surface area contributed by atoms with E-state index in [1.807, 2.05) is 13.0 Å². The molecule has 0 spiro atoms. The van der Waals surface area contributed by atoms with Crippen molar-refractivity contribution in [3.05, 3.63) is 33.7 Å². The lowest BCUT2D eigenvalue weighted by Crippen LogP contribution is -2.06. The Balaban J connectivity index is 2.12. The van der Waals surface area contributed by atoms with Crippen molar-refractivity contribution in [2.24, 2.45) is 0 Å². The number of fused-ring (bicyclic) bond motifs is 1. The summed E-state index contributed by atoms with van der Waals surface area (Å²) in [6, 6.07) is 3.03. The topological polar surface area (TPSA) is 38.7 Å². The fourth-order valence-electron chi connectivity index (χ4n) is 1.93. The highest BCUT2D eigenvalue weighted by molar-refractivity contribution is 14.1. The van der Waals surface area contributed by atoms with Gasteiger partial charge in [0.25, 0.3) is 0 Å². The van der Waals surface area contributed by atoms with Crippen LogP contribution in [-0.4, -0.2) is 20.7 Å². The molecule has 0 N–H and O–H groups in total. The molecule has 9 heteroatoms. The highest BCUT2D eigenvalue weighted by Gasteiger charge is 2.32. The molecule has 0 unspecified atom stereocenters. The van der Waals surface area contributed by atoms with Crippen LogP contribution in [0.3, 0.4) is 0 Å². The van der Waals surface area contributed by atoms with E-state index in [2.05, 4.69) is 37.5 Å². The summed E-state index contributed by atoms with van der Waals surface area (Å²) in [6.07, 6.45) is -1.81. The molecule has 0 aromatic carbocycles. The molecule has 120 valence electrons. The molecule has 3 aromatic rings. The zero-order valence-electron chi connectivity index (χ0n) is 11.7. The predicted octanol–water partition coefficient (Wildman–Crippen LogP) is 5.49. The van der Waals surface area contributed by atoms with Crippen LogP contribution in [0.2, 0.25) is 0 Å². The SMILES string of the molecule is CCSc1cc(C(F)(F)F)cnc1-c1nc2cc(I)cnc2s1. The fraction of sp³-hybridized carbons (Fsp3) is 0.214. The van der Waals surface area contributed by atoms with Crippen LogP contribution in [0.15, 0.2) is 29.4 Å². The van der Waals surface area contributed by atoms with Crippen molar-refractivity contribution in [2.45, 2.75) is 18.0 Å². The second-order valence-electron chi connectivity index (χ2n) is 4.50. The minimum atomic E-state index is -4.40. The maximum atomic E-state index is 12.9. The van der Waals surface area contributed by atoms with Crippen LogP contribution in [-0.2, 0) is 6.18 Å². The molecule has 0 saturated carbocycles. The van der Waals surface area contributed by atoms with Gasteiger partial charge in [0.2, 0.25) is 0 Å². The van der Waals surface area contributed by atoms with E-state index >= 15 is 0 Å². The van der Waals surface area contributed by atoms with Gasteiger partial charge in [-0.3, -0.25) is 4.98 Å². The van der Waals surface area contributed by atoms with Crippen LogP contribution < -0.4 is 0 Å². The highest BCUT2D eigenvalue weighted by Crippen LogP contribution is 2.38. The lowest BCUT2D eigenvalue weighted by molar-refractivity contribution is -0.138. The number of pyridine rings is 2. The van der Waals surface area contributed by atoms with E-state index < -0.39 is 11.7 Å². The molecule has 0 radical (unpaired) electrons. The van der Waals surface area contributed by atoms with Crippen LogP contribution in [0.25, 0.3) is 21.0 Å². The first-order valence-corrected chi connectivity index (χ1v) is 9.39. The molecule has 0 aliphatic carbocycles. The number of alkyl halides is 3. The molecule has 0 amide bonds. The molecular weight excluding hydrogens is 458 g/mol. The van der Waals surface area contributed by atoms with Crippen molar-refractivity contribution in [1.29, 1.82) is 0 Å². The minimum absolute atomic E-state index is 0.475. The van der Waals surface area contributed by atoms with Gasteiger partial charge in [-0.15, -0.1) is 11.8 Å². The number of hydrogen-bond donors (Lipinski definition) is 0. The summed E-state index contributed by atoms with van der Waals surface area (Å²) in [5.41, 5.74) is 0.458. The Morgan fingerprint density at radius 3 is 2.70 bits per heavy atom. The van der Waals surface area contributed by atoms with Gasteiger partial charge in [0.1, 0.15) is 21.0 Å². The average molecular weight is 467 g/mol. The number of nitrogens with zero attached hydrogens (tertiary/aromatic N) is 3. The minimum Gasteiger partial charge on any atom is -0.252 e. The summed E-state index contributed by atoms with van der Waals surface area (Å²) < 4.78 is 39.6. The van der Waals surface area contributed by atoms with Gasteiger partial charge in [-0.2, -0.15) is 13.2 Å². The van der Waals surface area contributed by atoms with E-state index in [0.717, 1.165) is 26.2 Å². The van der Waals surface area contributed by atoms with Gasteiger partial charge in [-0.25, -0.2) is 9.97 Å². The van der Waals surface area contributed by atoms with E-state index in [0.29, 0.717) is 21.3 Å². The monoisotopic (exact) mass is 467 g/mol. The van der Waals surface area contributed by atoms with E-state index in [-0.39, 0.29) is 0 Å². The summed E-state index contributed by atoms with van der Waals surface area (Å²) in [4.78, 5) is 14.0. The van der Waals surface area contributed by atoms with Gasteiger partial charge in [0.05, 0.1) is 5.56 Å². The molecule has 3 aromatic heterocycles. The molecule has 0 fully saturated rings. The first-order chi connectivity index (χ1) is 10.9. The fourth-order valence-corrected chi connectivity index (χ4v) is 4.13. The third-order valence-corrected chi connectivity index (χ3v) is 5.38. The number of rotatable bonds is 3. The molecule has 0 bridgehead atoms. The predicted molar refractivity (Wildman–Crippen MR) is 94.8 cm³/mol. The normalized spacial score (nSPS) is 12.0. The zero-order chi connectivity index (χ0) is 16.6. The Bertz CT molecular complexity index is 864. The van der Waals surface area contributed by atoms with Crippen LogP contribution in [0.5, 0.6) is 0 Å². The van der Waals surface area contributed by atoms with Crippen LogP contribution in [0, 0.1) is 3.57 Å². The molecule has 23 heavy (non-hydrogen) atoms. The second-order valence-corrected chi connectivity index (χ2v) is 8.03. The first-order valence-electron chi connectivity index (χ1n) is 6.51. The Morgan fingerprint density at radius 1 is 1.22 bits per heavy atom. The van der Waals surface area contributed by atoms with Gasteiger partial charge in [0, 0.05) is 20.9 Å². The van der Waals surface area contributed by atoms with Gasteiger partial charge in [-0.1, -0.05) is 18.3 Å². The third-order valence-electron chi connectivity index (χ3n) is 2.90. The standard InChI is InChI=1S/C14H9F3IN3S2/c1-2-22-10-3-7(14(15,16)17)5-19-11(10)13-21-9-4-8(18)6-20-12(9)23-13/h3-6H,2H2,1H3. The summed E-state index contributed by atoms with van der Waals surface area (Å²) in [5.74, 6) is 0.650. The second kappa shape index (κ2) is 6.52. The van der Waals surface area contributed by atoms with Crippen molar-refractivity contribution in [1.82, 2.24) is 15.0 Å². The molecule has 3 nitrogen and oxygen atoms in total. The van der Waals surface area contributed by atoms with E-state index in [1.165, 1.54) is 23.1 Å². The summed E-state index contributed by atoms with van der Waals surface area (Å²) in [7, 11) is 0. The number of aromatic nitrogens is 3. The Kier molecular flexibility index (Phi) is 4.79. The van der Waals surface area contributed by atoms with E-state index in [1.54, 1.807) is 6.20 Å². The smallest absolute Gasteiger partial charge is 0.252 e. The molecule has 0 saturated heterocycles. The van der Waals surface area contributed by atoms with Gasteiger partial charge in [0.15, 0.2) is 0 Å². The van der Waals surface area contributed by atoms with E-state index in [4.69, 9.17) is 0 Å². The van der Waals surface area contributed by atoms with Crippen molar-refractivity contribution >= 4 is 56.0 Å². The van der Waals surface area contributed by atoms with Crippen LogP contribution >= 0.6 is 45.7 Å². The van der Waals surface area contributed by atoms with Crippen molar-refractivity contribution in [2.75, 3.05) is 5.75 Å². The van der Waals surface area contributed by atoms with Gasteiger partial charge in [-0.05, 0) is 40.5 Å². The Labute approximate surface area is 151 Å². The first kappa shape index (κ1) is 16.9. The summed E-state index contributed by atoms with van der Waals surface area (Å²) in [5, 5.41) is 0.583. The van der Waals surface area contributed by atoms with Crippen molar-refractivity contribution < 1.29 is 13.2 Å². The lowest BCUT2D eigenvalue weighted by atomic mass is 10.2. The maximum absolute atomic E-state index is 12.9. The molecule has 3 heterocycles. The molecular formula is C14H9F3IN3S2. The Morgan fingerprint density at radius 2 is 2.00 bits per heavy atom. The molecule has 0 aliphatic heterocycles. The maximum Gasteiger partial charge on any atom is 0.417 e. The van der Waals surface area contributed by atoms with Crippen LogP contribution in [0.1, 0.15) is 12.5 Å². The summed E-state index contributed by atoms with van der Waals surface area (Å²) in [6.45, 7) is 1.89. The molecule has 0 aliphatic rings. The average Bonchev–Trinajstić information content (AvgIpc) is 2.89. The van der Waals surface area contributed by atoms with Gasteiger partial charge >= 0.3 is 6.18 Å². The highest BCUT2D eigenvalue weighted by atomic mass is 127. The van der Waals surface area contributed by atoms with E-state index in [9.17, 15) is 13.2 Å². The number of thiazole rings is 1. The Hall–Kier alpha value is -0.940. The number of hydrogen-bond acceptors (Lipinski definition) is 5. The lowest BCUT2D eigenvalue weighted by Gasteiger charge is -2.10. The zero-order valence-corrected chi connectivity index (χ0v) is 15.5. The van der Waals surface area contributed by atoms with Crippen molar-refractivity contribution in [3.63, 3.8) is 0 Å². The molecule has 3 rings (SSSR count). The largest absolute Gasteiger partial charge is 0.417 e. The van der Waals surface area contributed by atoms with Crippen LogP contribution in [0.4, 0.5) is 13.2 Å². The number of thioether (sulfide) groups is 1. The summed E-state index contributed by atoms with van der Waals surface area (Å²) >= 11 is 4.79. The van der Waals surface area contributed by atoms with Crippen molar-refractivity contribution in [3.8, 4) is 10.7 Å². The molecule has 0 atom stereocenters. The number of halogens is 4. The van der Waals surface area contributed by atoms with Gasteiger partial charge < -0.3 is 0 Å². The quantitative estimate of drug-likeness (QED) is 0.378. The third kappa shape index (κ3) is 3.61.